The summed E-state index contributed by atoms with van der Waals surface area (Å²) >= 11 is 0. The average Bonchev–Trinajstić information content (AvgIpc) is 2.62. The highest BCUT2D eigenvalue weighted by atomic mass is 32.2. The molecule has 9 heteroatoms. The van der Waals surface area contributed by atoms with Crippen molar-refractivity contribution in [3.05, 3.63) is 60.2 Å². The number of hydrogen-bond acceptors (Lipinski definition) is 6. The maximum Gasteiger partial charge on any atom is 0.308 e. The number of anilines is 1. The molecule has 148 valence electrons. The summed E-state index contributed by atoms with van der Waals surface area (Å²) in [5, 5.41) is 3.86. The summed E-state index contributed by atoms with van der Waals surface area (Å²) in [6.07, 6.45) is 2.44. The second-order valence-corrected chi connectivity index (χ2v) is 7.83. The van der Waals surface area contributed by atoms with Crippen LogP contribution in [0.3, 0.4) is 0 Å². The van der Waals surface area contributed by atoms with Crippen LogP contribution in [0.25, 0.3) is 0 Å². The number of rotatable bonds is 7. The summed E-state index contributed by atoms with van der Waals surface area (Å²) in [4.78, 5) is 23.3. The number of sulfonamides is 1. The maximum absolute atomic E-state index is 12.4. The Hall–Kier alpha value is -3.20. The summed E-state index contributed by atoms with van der Waals surface area (Å²) in [7, 11) is -3.67. The molecule has 0 aliphatic heterocycles. The molecule has 0 aromatic heterocycles. The lowest BCUT2D eigenvalue weighted by Crippen LogP contribution is -2.46. The van der Waals surface area contributed by atoms with Gasteiger partial charge in [0.25, 0.3) is 5.91 Å². The number of nitrogens with one attached hydrogen (secondary N) is 1. The highest BCUT2D eigenvalue weighted by Crippen LogP contribution is 2.20. The average molecular weight is 403 g/mol. The number of carbonyl (C=O) groups is 2. The Bertz CT molecular complexity index is 957. The van der Waals surface area contributed by atoms with E-state index in [1.54, 1.807) is 54.6 Å². The van der Waals surface area contributed by atoms with Gasteiger partial charge >= 0.3 is 5.97 Å². The van der Waals surface area contributed by atoms with E-state index in [0.29, 0.717) is 17.0 Å². The fourth-order valence-corrected chi connectivity index (χ4v) is 3.61. The summed E-state index contributed by atoms with van der Waals surface area (Å²) in [5.74, 6) is -0.604. The van der Waals surface area contributed by atoms with E-state index < -0.39 is 27.9 Å². The van der Waals surface area contributed by atoms with E-state index in [1.807, 2.05) is 0 Å². The van der Waals surface area contributed by atoms with Crippen molar-refractivity contribution in [2.24, 2.45) is 5.10 Å². The monoisotopic (exact) mass is 403 g/mol. The third-order valence-electron chi connectivity index (χ3n) is 3.63. The molecule has 0 spiro atoms. The molecule has 2 aromatic carbocycles. The van der Waals surface area contributed by atoms with Crippen molar-refractivity contribution in [2.45, 2.75) is 19.9 Å². The van der Waals surface area contributed by atoms with E-state index >= 15 is 0 Å². The molecule has 28 heavy (non-hydrogen) atoms. The first kappa shape index (κ1) is 21.1. The lowest BCUT2D eigenvalue weighted by Gasteiger charge is -2.27. The molecule has 0 aliphatic carbocycles. The molecule has 2 rings (SSSR count). The molecular formula is C19H21N3O5S. The van der Waals surface area contributed by atoms with Crippen molar-refractivity contribution in [3.8, 4) is 5.75 Å². The van der Waals surface area contributed by atoms with E-state index in [9.17, 15) is 18.0 Å². The molecule has 0 saturated heterocycles. The number of esters is 1. The Morgan fingerprint density at radius 1 is 1.11 bits per heavy atom. The minimum Gasteiger partial charge on any atom is -0.427 e. The molecular weight excluding hydrogens is 382 g/mol. The summed E-state index contributed by atoms with van der Waals surface area (Å²) < 4.78 is 30.3. The van der Waals surface area contributed by atoms with Gasteiger partial charge in [-0.05, 0) is 48.9 Å². The van der Waals surface area contributed by atoms with Crippen molar-refractivity contribution in [1.82, 2.24) is 5.43 Å². The molecule has 0 aliphatic rings. The topological polar surface area (TPSA) is 105 Å². The molecule has 2 aromatic rings. The van der Waals surface area contributed by atoms with Crippen LogP contribution in [0, 0.1) is 0 Å². The van der Waals surface area contributed by atoms with Crippen LogP contribution in [0.15, 0.2) is 59.7 Å². The van der Waals surface area contributed by atoms with Crippen molar-refractivity contribution < 1.29 is 22.7 Å². The first-order chi connectivity index (χ1) is 13.2. The number of hydrazone groups is 1. The predicted octanol–water partition coefficient (Wildman–Crippen LogP) is 1.92. The van der Waals surface area contributed by atoms with E-state index in [-0.39, 0.29) is 0 Å². The van der Waals surface area contributed by atoms with Crippen LogP contribution < -0.4 is 14.5 Å². The van der Waals surface area contributed by atoms with Gasteiger partial charge in [-0.15, -0.1) is 0 Å². The van der Waals surface area contributed by atoms with Gasteiger partial charge in [-0.2, -0.15) is 5.10 Å². The van der Waals surface area contributed by atoms with Gasteiger partial charge in [0, 0.05) is 6.92 Å². The van der Waals surface area contributed by atoms with Crippen LogP contribution in [0.2, 0.25) is 0 Å². The summed E-state index contributed by atoms with van der Waals surface area (Å²) in [6, 6.07) is 13.9. The zero-order valence-electron chi connectivity index (χ0n) is 15.7. The molecule has 0 saturated carbocycles. The van der Waals surface area contributed by atoms with Gasteiger partial charge in [-0.3, -0.25) is 13.9 Å². The number of hydrogen-bond donors (Lipinski definition) is 1. The largest absolute Gasteiger partial charge is 0.427 e. The zero-order chi connectivity index (χ0) is 20.7. The van der Waals surface area contributed by atoms with Crippen molar-refractivity contribution in [2.75, 3.05) is 10.6 Å². The van der Waals surface area contributed by atoms with Gasteiger partial charge < -0.3 is 4.74 Å². The van der Waals surface area contributed by atoms with Crippen LogP contribution in [-0.4, -0.2) is 38.8 Å². The van der Waals surface area contributed by atoms with Gasteiger partial charge in [0.05, 0.1) is 18.2 Å². The Morgan fingerprint density at radius 2 is 1.71 bits per heavy atom. The van der Waals surface area contributed by atoms with Crippen LogP contribution in [-0.2, 0) is 19.6 Å². The Labute approximate surface area is 163 Å². The minimum absolute atomic E-state index is 0.387. The first-order valence-electron chi connectivity index (χ1n) is 8.34. The smallest absolute Gasteiger partial charge is 0.308 e. The summed E-state index contributed by atoms with van der Waals surface area (Å²) in [5.41, 5.74) is 3.39. The zero-order valence-corrected chi connectivity index (χ0v) is 16.5. The second-order valence-electron chi connectivity index (χ2n) is 5.97. The van der Waals surface area contributed by atoms with Crippen LogP contribution in [0.1, 0.15) is 19.4 Å². The number of amides is 1. The van der Waals surface area contributed by atoms with Gasteiger partial charge in [0.1, 0.15) is 11.8 Å². The van der Waals surface area contributed by atoms with E-state index in [4.69, 9.17) is 4.74 Å². The Kier molecular flexibility index (Phi) is 6.89. The van der Waals surface area contributed by atoms with Gasteiger partial charge in [0.2, 0.25) is 10.0 Å². The van der Waals surface area contributed by atoms with Crippen molar-refractivity contribution in [1.29, 1.82) is 0 Å². The van der Waals surface area contributed by atoms with E-state index in [0.717, 1.165) is 10.6 Å². The van der Waals surface area contributed by atoms with Gasteiger partial charge in [-0.1, -0.05) is 18.2 Å². The lowest BCUT2D eigenvalue weighted by molar-refractivity contribution is -0.131. The number of carbonyl (C=O) groups excluding carboxylic acids is 2. The Morgan fingerprint density at radius 3 is 2.25 bits per heavy atom. The highest BCUT2D eigenvalue weighted by molar-refractivity contribution is 7.92. The third-order valence-corrected chi connectivity index (χ3v) is 4.87. The number of ether oxygens (including phenoxy) is 1. The maximum atomic E-state index is 12.4. The molecule has 1 N–H and O–H groups in total. The van der Waals surface area contributed by atoms with Crippen molar-refractivity contribution >= 4 is 33.8 Å². The molecule has 1 amide bonds. The second kappa shape index (κ2) is 9.14. The Balaban J connectivity index is 2.06. The van der Waals surface area contributed by atoms with E-state index in [1.165, 1.54) is 20.1 Å². The molecule has 8 nitrogen and oxygen atoms in total. The SMILES string of the molecule is CC(=O)Oc1ccc(/C=N\NC(=O)[C@H](C)N(c2ccccc2)S(C)(=O)=O)cc1. The summed E-state index contributed by atoms with van der Waals surface area (Å²) in [6.45, 7) is 2.79. The molecule has 0 radical (unpaired) electrons. The van der Waals surface area contributed by atoms with Crippen molar-refractivity contribution in [3.63, 3.8) is 0 Å². The molecule has 0 unspecified atom stereocenters. The van der Waals surface area contributed by atoms with Crippen LogP contribution in [0.5, 0.6) is 5.75 Å². The molecule has 1 atom stereocenters. The first-order valence-corrected chi connectivity index (χ1v) is 10.2. The van der Waals surface area contributed by atoms with Gasteiger partial charge in [0.15, 0.2) is 0 Å². The normalized spacial score (nSPS) is 12.4. The molecule has 0 fully saturated rings. The van der Waals surface area contributed by atoms with E-state index in [2.05, 4.69) is 10.5 Å². The molecule has 0 bridgehead atoms. The fourth-order valence-electron chi connectivity index (χ4n) is 2.44. The minimum atomic E-state index is -3.67. The number of nitrogens with zero attached hydrogens (tertiary/aromatic N) is 2. The van der Waals surface area contributed by atoms with Crippen LogP contribution in [0.4, 0.5) is 5.69 Å². The number of para-hydroxylation sites is 1. The highest BCUT2D eigenvalue weighted by Gasteiger charge is 2.28. The fraction of sp³-hybridized carbons (Fsp3) is 0.211. The standard InChI is InChI=1S/C19H21N3O5S/c1-14(22(28(3,25)26)17-7-5-4-6-8-17)19(24)21-20-13-16-9-11-18(12-10-16)27-15(2)23/h4-14H,1-3H3,(H,21,24)/b20-13-/t14-/m0/s1. The van der Waals surface area contributed by atoms with Gasteiger partial charge in [-0.25, -0.2) is 13.8 Å². The quantitative estimate of drug-likeness (QED) is 0.329. The number of benzene rings is 2. The van der Waals surface area contributed by atoms with Crippen LogP contribution >= 0.6 is 0 Å². The third kappa shape index (κ3) is 5.92. The lowest BCUT2D eigenvalue weighted by atomic mass is 10.2. The predicted molar refractivity (Wildman–Crippen MR) is 107 cm³/mol. The molecule has 0 heterocycles.